The third-order valence-corrected chi connectivity index (χ3v) is 2.11. The van der Waals surface area contributed by atoms with Crippen molar-refractivity contribution in [3.05, 3.63) is 0 Å². The quantitative estimate of drug-likeness (QED) is 0.502. The molecule has 1 amide bonds. The van der Waals surface area contributed by atoms with Gasteiger partial charge < -0.3 is 10.1 Å². The van der Waals surface area contributed by atoms with E-state index in [-0.39, 0.29) is 11.9 Å². The lowest BCUT2D eigenvalue weighted by Gasteiger charge is -2.10. The molecule has 1 atom stereocenters. The van der Waals surface area contributed by atoms with E-state index in [2.05, 4.69) is 5.32 Å². The molecule has 1 saturated heterocycles. The van der Waals surface area contributed by atoms with Crippen molar-refractivity contribution < 1.29 is 14.3 Å². The van der Waals surface area contributed by atoms with Crippen LogP contribution in [0.3, 0.4) is 0 Å². The summed E-state index contributed by atoms with van der Waals surface area (Å²) in [5, 5.41) is 2.69. The summed E-state index contributed by atoms with van der Waals surface area (Å²) >= 11 is 0. The van der Waals surface area contributed by atoms with E-state index in [9.17, 15) is 9.59 Å². The molecule has 0 spiro atoms. The lowest BCUT2D eigenvalue weighted by molar-refractivity contribution is -0.152. The Morgan fingerprint density at radius 3 is 3.08 bits per heavy atom. The SMILES string of the molecule is CCOC(=O)C1CCCCNC1=O. The first-order chi connectivity index (χ1) is 6.25. The highest BCUT2D eigenvalue weighted by Crippen LogP contribution is 2.13. The van der Waals surface area contributed by atoms with Gasteiger partial charge in [-0.3, -0.25) is 9.59 Å². The number of ether oxygens (including phenoxy) is 1. The number of hydrogen-bond acceptors (Lipinski definition) is 3. The first-order valence-electron chi connectivity index (χ1n) is 4.70. The second-order valence-electron chi connectivity index (χ2n) is 3.09. The van der Waals surface area contributed by atoms with Gasteiger partial charge in [0, 0.05) is 6.54 Å². The highest BCUT2D eigenvalue weighted by molar-refractivity contribution is 5.97. The average molecular weight is 185 g/mol. The van der Waals surface area contributed by atoms with Crippen molar-refractivity contribution in [1.82, 2.24) is 5.32 Å². The van der Waals surface area contributed by atoms with Crippen LogP contribution in [0.15, 0.2) is 0 Å². The van der Waals surface area contributed by atoms with Crippen LogP contribution in [-0.4, -0.2) is 25.0 Å². The normalized spacial score (nSPS) is 23.2. The Balaban J connectivity index is 2.53. The third kappa shape index (κ3) is 2.72. The molecule has 0 aromatic heterocycles. The molecule has 1 unspecified atom stereocenters. The molecule has 0 aromatic rings. The minimum atomic E-state index is -0.581. The van der Waals surface area contributed by atoms with Crippen LogP contribution < -0.4 is 5.32 Å². The molecule has 0 bridgehead atoms. The topological polar surface area (TPSA) is 55.4 Å². The Morgan fingerprint density at radius 2 is 2.38 bits per heavy atom. The van der Waals surface area contributed by atoms with Crippen molar-refractivity contribution in [2.45, 2.75) is 26.2 Å². The van der Waals surface area contributed by atoms with E-state index in [1.54, 1.807) is 6.92 Å². The first-order valence-corrected chi connectivity index (χ1v) is 4.70. The number of hydrogen-bond donors (Lipinski definition) is 1. The maximum Gasteiger partial charge on any atom is 0.318 e. The van der Waals surface area contributed by atoms with Gasteiger partial charge in [0.25, 0.3) is 0 Å². The third-order valence-electron chi connectivity index (χ3n) is 2.11. The molecular formula is C9H15NO3. The van der Waals surface area contributed by atoms with E-state index in [0.717, 1.165) is 12.8 Å². The Morgan fingerprint density at radius 1 is 1.62 bits per heavy atom. The lowest BCUT2D eigenvalue weighted by Crippen LogP contribution is -2.34. The monoisotopic (exact) mass is 185 g/mol. The first kappa shape index (κ1) is 10.0. The van der Waals surface area contributed by atoms with E-state index < -0.39 is 5.92 Å². The van der Waals surface area contributed by atoms with E-state index in [1.807, 2.05) is 0 Å². The van der Waals surface area contributed by atoms with E-state index in [4.69, 9.17) is 4.74 Å². The molecule has 1 heterocycles. The summed E-state index contributed by atoms with van der Waals surface area (Å²) in [5.41, 5.74) is 0. The van der Waals surface area contributed by atoms with Crippen molar-refractivity contribution in [2.75, 3.05) is 13.2 Å². The zero-order valence-corrected chi connectivity index (χ0v) is 7.84. The predicted octanol–water partition coefficient (Wildman–Crippen LogP) is 0.466. The molecule has 0 radical (unpaired) electrons. The zero-order valence-electron chi connectivity index (χ0n) is 7.84. The second-order valence-corrected chi connectivity index (χ2v) is 3.09. The number of amides is 1. The van der Waals surface area contributed by atoms with E-state index in [0.29, 0.717) is 19.6 Å². The number of carbonyl (C=O) groups is 2. The Bertz CT molecular complexity index is 203. The molecule has 1 aliphatic heterocycles. The Kier molecular flexibility index (Phi) is 3.73. The van der Waals surface area contributed by atoms with Crippen LogP contribution in [0.2, 0.25) is 0 Å². The summed E-state index contributed by atoms with van der Waals surface area (Å²) in [6.07, 6.45) is 2.47. The number of esters is 1. The molecule has 0 saturated carbocycles. The molecule has 4 heteroatoms. The molecule has 4 nitrogen and oxygen atoms in total. The highest BCUT2D eigenvalue weighted by atomic mass is 16.5. The van der Waals surface area contributed by atoms with Crippen molar-refractivity contribution in [2.24, 2.45) is 5.92 Å². The highest BCUT2D eigenvalue weighted by Gasteiger charge is 2.28. The summed E-state index contributed by atoms with van der Waals surface area (Å²) < 4.78 is 4.81. The minimum Gasteiger partial charge on any atom is -0.465 e. The van der Waals surface area contributed by atoms with Gasteiger partial charge in [0.2, 0.25) is 5.91 Å². The minimum absolute atomic E-state index is 0.184. The predicted molar refractivity (Wildman–Crippen MR) is 47.0 cm³/mol. The molecule has 74 valence electrons. The summed E-state index contributed by atoms with van der Waals surface area (Å²) in [6.45, 7) is 2.75. The van der Waals surface area contributed by atoms with Crippen molar-refractivity contribution in [1.29, 1.82) is 0 Å². The summed E-state index contributed by atoms with van der Waals surface area (Å²) in [4.78, 5) is 22.6. The van der Waals surface area contributed by atoms with Gasteiger partial charge in [-0.15, -0.1) is 0 Å². The van der Waals surface area contributed by atoms with Crippen molar-refractivity contribution >= 4 is 11.9 Å². The number of nitrogens with one attached hydrogen (secondary N) is 1. The molecule has 1 N–H and O–H groups in total. The summed E-state index contributed by atoms with van der Waals surface area (Å²) in [5.74, 6) is -1.15. The molecule has 1 aliphatic rings. The molecule has 0 aromatic carbocycles. The maximum atomic E-state index is 11.3. The van der Waals surface area contributed by atoms with Gasteiger partial charge >= 0.3 is 5.97 Å². The lowest BCUT2D eigenvalue weighted by atomic mass is 10.0. The van der Waals surface area contributed by atoms with Gasteiger partial charge in [0.15, 0.2) is 0 Å². The van der Waals surface area contributed by atoms with Crippen molar-refractivity contribution in [3.63, 3.8) is 0 Å². The number of carbonyl (C=O) groups excluding carboxylic acids is 2. The standard InChI is InChI=1S/C9H15NO3/c1-2-13-9(12)7-5-3-4-6-10-8(7)11/h7H,2-6H2,1H3,(H,10,11). The molecule has 0 aliphatic carbocycles. The van der Waals surface area contributed by atoms with E-state index >= 15 is 0 Å². The van der Waals surface area contributed by atoms with Crippen LogP contribution in [0.25, 0.3) is 0 Å². The zero-order chi connectivity index (χ0) is 9.68. The Hall–Kier alpha value is -1.06. The molecule has 1 rings (SSSR count). The van der Waals surface area contributed by atoms with Gasteiger partial charge in [0.05, 0.1) is 6.61 Å². The van der Waals surface area contributed by atoms with Crippen LogP contribution in [-0.2, 0) is 14.3 Å². The van der Waals surface area contributed by atoms with Crippen LogP contribution in [0, 0.1) is 5.92 Å². The van der Waals surface area contributed by atoms with Gasteiger partial charge in [-0.1, -0.05) is 6.42 Å². The average Bonchev–Trinajstić information content (AvgIpc) is 2.30. The van der Waals surface area contributed by atoms with Gasteiger partial charge in [0.1, 0.15) is 5.92 Å². The molecule has 1 fully saturated rings. The van der Waals surface area contributed by atoms with Gasteiger partial charge in [-0.25, -0.2) is 0 Å². The summed E-state index contributed by atoms with van der Waals surface area (Å²) in [7, 11) is 0. The van der Waals surface area contributed by atoms with Crippen molar-refractivity contribution in [3.8, 4) is 0 Å². The van der Waals surface area contributed by atoms with Gasteiger partial charge in [-0.05, 0) is 19.8 Å². The van der Waals surface area contributed by atoms with Crippen LogP contribution in [0.1, 0.15) is 26.2 Å². The van der Waals surface area contributed by atoms with Crippen LogP contribution in [0.4, 0.5) is 0 Å². The second kappa shape index (κ2) is 4.84. The molecular weight excluding hydrogens is 170 g/mol. The van der Waals surface area contributed by atoms with Crippen LogP contribution in [0.5, 0.6) is 0 Å². The fourth-order valence-corrected chi connectivity index (χ4v) is 1.41. The largest absolute Gasteiger partial charge is 0.465 e. The van der Waals surface area contributed by atoms with E-state index in [1.165, 1.54) is 0 Å². The summed E-state index contributed by atoms with van der Waals surface area (Å²) in [6, 6.07) is 0. The Labute approximate surface area is 77.6 Å². The fourth-order valence-electron chi connectivity index (χ4n) is 1.41. The van der Waals surface area contributed by atoms with Crippen LogP contribution >= 0.6 is 0 Å². The molecule has 13 heavy (non-hydrogen) atoms. The van der Waals surface area contributed by atoms with Gasteiger partial charge in [-0.2, -0.15) is 0 Å². The fraction of sp³-hybridized carbons (Fsp3) is 0.778. The maximum absolute atomic E-state index is 11.3. The number of rotatable bonds is 2. The smallest absolute Gasteiger partial charge is 0.318 e.